The molecule has 0 radical (unpaired) electrons. The van der Waals surface area contributed by atoms with E-state index in [1.54, 1.807) is 30.7 Å². The predicted molar refractivity (Wildman–Crippen MR) is 117 cm³/mol. The van der Waals surface area contributed by atoms with E-state index in [2.05, 4.69) is 25.6 Å². The minimum absolute atomic E-state index is 0.0469. The van der Waals surface area contributed by atoms with E-state index in [1.165, 1.54) is 0 Å². The van der Waals surface area contributed by atoms with Gasteiger partial charge in [-0.05, 0) is 42.0 Å². The monoisotopic (exact) mass is 417 g/mol. The van der Waals surface area contributed by atoms with Gasteiger partial charge in [-0.1, -0.05) is 12.1 Å². The van der Waals surface area contributed by atoms with Crippen LogP contribution in [0.4, 0.5) is 21.7 Å². The molecule has 8 nitrogen and oxygen atoms in total. The van der Waals surface area contributed by atoms with Crippen molar-refractivity contribution in [3.63, 3.8) is 0 Å². The van der Waals surface area contributed by atoms with E-state index in [1.807, 2.05) is 30.3 Å². The van der Waals surface area contributed by atoms with E-state index < -0.39 is 17.8 Å². The molecule has 3 aromatic heterocycles. The summed E-state index contributed by atoms with van der Waals surface area (Å²) in [7, 11) is 0. The summed E-state index contributed by atoms with van der Waals surface area (Å²) in [5.41, 5.74) is 13.8. The predicted octanol–water partition coefficient (Wildman–Crippen LogP) is 3.12. The van der Waals surface area contributed by atoms with Gasteiger partial charge in [0.25, 0.3) is 5.91 Å². The molecule has 1 atom stereocenters. The molecule has 3 heterocycles. The van der Waals surface area contributed by atoms with Gasteiger partial charge in [-0.25, -0.2) is 9.37 Å². The van der Waals surface area contributed by atoms with Crippen LogP contribution in [0.25, 0.3) is 10.9 Å². The largest absolute Gasteiger partial charge is 0.366 e. The number of carbonyl (C=O) groups is 1. The van der Waals surface area contributed by atoms with Crippen LogP contribution in [0.2, 0.25) is 0 Å². The molecular formula is C22H20FN7O. The van der Waals surface area contributed by atoms with E-state index in [4.69, 9.17) is 11.5 Å². The molecule has 6 N–H and O–H groups in total. The van der Waals surface area contributed by atoms with Gasteiger partial charge in [0.05, 0.1) is 11.1 Å². The second-order valence-electron chi connectivity index (χ2n) is 6.89. The Morgan fingerprint density at radius 1 is 1.10 bits per heavy atom. The third kappa shape index (κ3) is 4.57. The first-order valence-electron chi connectivity index (χ1n) is 9.53. The van der Waals surface area contributed by atoms with Crippen LogP contribution in [0.1, 0.15) is 22.0 Å². The van der Waals surface area contributed by atoms with Crippen LogP contribution in [0.15, 0.2) is 67.1 Å². The Morgan fingerprint density at radius 3 is 2.71 bits per heavy atom. The van der Waals surface area contributed by atoms with E-state index in [-0.39, 0.29) is 23.7 Å². The van der Waals surface area contributed by atoms with Gasteiger partial charge in [0.2, 0.25) is 0 Å². The van der Waals surface area contributed by atoms with Crippen LogP contribution in [0.5, 0.6) is 0 Å². The first-order valence-corrected chi connectivity index (χ1v) is 9.53. The van der Waals surface area contributed by atoms with Crippen molar-refractivity contribution in [1.82, 2.24) is 15.0 Å². The zero-order valence-electron chi connectivity index (χ0n) is 16.4. The van der Waals surface area contributed by atoms with Crippen LogP contribution >= 0.6 is 0 Å². The number of benzene rings is 1. The van der Waals surface area contributed by atoms with Crippen molar-refractivity contribution in [3.8, 4) is 0 Å². The van der Waals surface area contributed by atoms with Gasteiger partial charge >= 0.3 is 0 Å². The average molecular weight is 417 g/mol. The highest BCUT2D eigenvalue weighted by molar-refractivity contribution is 5.99. The number of halogens is 1. The lowest BCUT2D eigenvalue weighted by molar-refractivity contribution is 0.100. The molecule has 0 saturated carbocycles. The minimum atomic E-state index is -0.796. The third-order valence-electron chi connectivity index (χ3n) is 4.71. The van der Waals surface area contributed by atoms with Gasteiger partial charge in [0.1, 0.15) is 5.82 Å². The summed E-state index contributed by atoms with van der Waals surface area (Å²) in [6.45, 7) is 0.215. The summed E-state index contributed by atoms with van der Waals surface area (Å²) >= 11 is 0. The summed E-state index contributed by atoms with van der Waals surface area (Å²) in [5.74, 6) is -1.42. The highest BCUT2D eigenvalue weighted by Gasteiger charge is 2.17. The van der Waals surface area contributed by atoms with Crippen LogP contribution in [0.3, 0.4) is 0 Å². The fraction of sp³-hybridized carbons (Fsp3) is 0.0909. The molecule has 0 spiro atoms. The number of fused-ring (bicyclic) bond motifs is 1. The highest BCUT2D eigenvalue weighted by atomic mass is 19.1. The van der Waals surface area contributed by atoms with Gasteiger partial charge in [0, 0.05) is 42.3 Å². The van der Waals surface area contributed by atoms with Gasteiger partial charge in [-0.15, -0.1) is 0 Å². The number of nitrogens with zero attached hydrogens (tertiary/aromatic N) is 3. The number of primary amides is 1. The molecule has 4 rings (SSSR count). The Bertz CT molecular complexity index is 1230. The molecule has 0 aliphatic rings. The number of pyridine rings is 3. The van der Waals surface area contributed by atoms with Gasteiger partial charge in [-0.2, -0.15) is 0 Å². The first kappa shape index (κ1) is 20.2. The second kappa shape index (κ2) is 8.72. The number of amides is 1. The lowest BCUT2D eigenvalue weighted by atomic mass is 10.1. The Kier molecular flexibility index (Phi) is 5.67. The lowest BCUT2D eigenvalue weighted by Gasteiger charge is -2.16. The van der Waals surface area contributed by atoms with Gasteiger partial charge < -0.3 is 22.1 Å². The Morgan fingerprint density at radius 2 is 1.94 bits per heavy atom. The maximum atomic E-state index is 14.6. The Hall–Kier alpha value is -4.11. The number of nitrogens with one attached hydrogen (secondary N) is 2. The van der Waals surface area contributed by atoms with Crippen molar-refractivity contribution in [1.29, 1.82) is 0 Å². The van der Waals surface area contributed by atoms with Crippen molar-refractivity contribution in [2.45, 2.75) is 6.04 Å². The fourth-order valence-electron chi connectivity index (χ4n) is 3.11. The fourth-order valence-corrected chi connectivity index (χ4v) is 3.11. The molecule has 156 valence electrons. The SMILES string of the molecule is NC(=O)c1cc(F)c(NCC(N)c2cccnc2)nc1Nc1ccc2ncccc2c1. The molecule has 0 bridgehead atoms. The standard InChI is InChI=1S/C22H20FN7O/c23-17-10-16(20(25)31)21(29-15-5-6-19-13(9-15)3-2-8-27-19)30-22(17)28-12-18(24)14-4-1-7-26-11-14/h1-11,18H,12,24H2,(H2,25,31)(H2,28,29,30). The normalized spacial score (nSPS) is 11.8. The maximum absolute atomic E-state index is 14.6. The molecule has 1 amide bonds. The van der Waals surface area contributed by atoms with Crippen molar-refractivity contribution in [2.75, 3.05) is 17.2 Å². The number of nitrogens with two attached hydrogens (primary N) is 2. The van der Waals surface area contributed by atoms with Crippen molar-refractivity contribution in [3.05, 3.63) is 84.1 Å². The maximum Gasteiger partial charge on any atom is 0.252 e. The average Bonchev–Trinajstić information content (AvgIpc) is 2.79. The lowest BCUT2D eigenvalue weighted by Crippen LogP contribution is -2.22. The first-order chi connectivity index (χ1) is 15.0. The van der Waals surface area contributed by atoms with E-state index in [0.717, 1.165) is 22.5 Å². The van der Waals surface area contributed by atoms with Gasteiger partial charge in [-0.3, -0.25) is 14.8 Å². The highest BCUT2D eigenvalue weighted by Crippen LogP contribution is 2.26. The molecule has 31 heavy (non-hydrogen) atoms. The molecule has 0 aliphatic carbocycles. The summed E-state index contributed by atoms with van der Waals surface area (Å²) in [5, 5.41) is 6.84. The molecule has 0 fully saturated rings. The number of hydrogen-bond acceptors (Lipinski definition) is 7. The molecule has 1 unspecified atom stereocenters. The van der Waals surface area contributed by atoms with E-state index in [0.29, 0.717) is 5.69 Å². The van der Waals surface area contributed by atoms with Crippen molar-refractivity contribution < 1.29 is 9.18 Å². The van der Waals surface area contributed by atoms with E-state index >= 15 is 0 Å². The number of aromatic nitrogens is 3. The Balaban J connectivity index is 1.60. The number of rotatable bonds is 7. The molecule has 0 saturated heterocycles. The molecule has 1 aromatic carbocycles. The topological polar surface area (TPSA) is 132 Å². The van der Waals surface area contributed by atoms with Crippen molar-refractivity contribution in [2.24, 2.45) is 11.5 Å². The van der Waals surface area contributed by atoms with Crippen LogP contribution in [-0.4, -0.2) is 27.4 Å². The Labute approximate surface area is 177 Å². The second-order valence-corrected chi connectivity index (χ2v) is 6.89. The summed E-state index contributed by atoms with van der Waals surface area (Å²) < 4.78 is 14.6. The molecule has 4 aromatic rings. The van der Waals surface area contributed by atoms with Crippen LogP contribution < -0.4 is 22.1 Å². The number of carbonyl (C=O) groups excluding carboxylic acids is 1. The zero-order valence-corrected chi connectivity index (χ0v) is 16.4. The van der Waals surface area contributed by atoms with E-state index in [9.17, 15) is 9.18 Å². The van der Waals surface area contributed by atoms with Crippen molar-refractivity contribution >= 4 is 34.1 Å². The van der Waals surface area contributed by atoms with Crippen LogP contribution in [-0.2, 0) is 0 Å². The third-order valence-corrected chi connectivity index (χ3v) is 4.71. The number of anilines is 3. The molecule has 0 aliphatic heterocycles. The quantitative estimate of drug-likeness (QED) is 0.363. The number of hydrogen-bond donors (Lipinski definition) is 4. The summed E-state index contributed by atoms with van der Waals surface area (Å²) in [6, 6.07) is 13.4. The minimum Gasteiger partial charge on any atom is -0.366 e. The zero-order chi connectivity index (χ0) is 21.8. The summed E-state index contributed by atoms with van der Waals surface area (Å²) in [6.07, 6.45) is 5.00. The summed E-state index contributed by atoms with van der Waals surface area (Å²) in [4.78, 5) is 24.4. The van der Waals surface area contributed by atoms with Gasteiger partial charge in [0.15, 0.2) is 11.6 Å². The van der Waals surface area contributed by atoms with Crippen LogP contribution in [0, 0.1) is 5.82 Å². The molecular weight excluding hydrogens is 397 g/mol. The smallest absolute Gasteiger partial charge is 0.252 e. The molecule has 9 heteroatoms.